The summed E-state index contributed by atoms with van der Waals surface area (Å²) >= 11 is 0. The molecule has 4 aromatic carbocycles. The number of nitrogens with zero attached hydrogens (tertiary/aromatic N) is 1. The zero-order valence-corrected chi connectivity index (χ0v) is 22.7. The number of morpholine rings is 1. The van der Waals surface area contributed by atoms with Crippen molar-refractivity contribution in [2.45, 2.75) is 0 Å². The molecule has 0 N–H and O–H groups in total. The molecule has 0 spiro atoms. The van der Waals surface area contributed by atoms with Crippen LogP contribution in [0.5, 0.6) is 28.7 Å². The highest BCUT2D eigenvalue weighted by Gasteiger charge is 2.39. The molecule has 9 nitrogen and oxygen atoms in total. The summed E-state index contributed by atoms with van der Waals surface area (Å²) in [4.78, 5) is 0. The third-order valence-electron chi connectivity index (χ3n) is 5.46. The summed E-state index contributed by atoms with van der Waals surface area (Å²) in [6.45, 7) is 1.52. The molecule has 0 radical (unpaired) electrons. The van der Waals surface area contributed by atoms with Crippen LogP contribution >= 0.6 is 15.6 Å². The molecule has 1 fully saturated rings. The second kappa shape index (κ2) is 12.4. The molecule has 5 rings (SSSR count). The van der Waals surface area contributed by atoms with Crippen molar-refractivity contribution < 1.29 is 36.5 Å². The first-order chi connectivity index (χ1) is 19.0. The molecule has 11 heteroatoms. The van der Waals surface area contributed by atoms with Gasteiger partial charge in [-0.05, 0) is 48.5 Å². The highest BCUT2D eigenvalue weighted by molar-refractivity contribution is 7.52. The standard InChI is InChI=1S/C28H27NO8P2/c30-38(29-19-21-32-22-20-29,33-24-11-4-1-5-12-24)34-27-17-10-18-28(23-27)37-39(31,35-25-13-6-2-7-14-25)36-26-15-8-3-9-16-26/h1-18,23H,19-22H2. The molecular weight excluding hydrogens is 540 g/mol. The lowest BCUT2D eigenvalue weighted by Gasteiger charge is -2.32. The topological polar surface area (TPSA) is 92.8 Å². The van der Waals surface area contributed by atoms with E-state index in [4.69, 9.17) is 27.4 Å². The zero-order valence-electron chi connectivity index (χ0n) is 20.9. The van der Waals surface area contributed by atoms with E-state index in [1.807, 2.05) is 18.2 Å². The van der Waals surface area contributed by atoms with Crippen molar-refractivity contribution in [3.63, 3.8) is 0 Å². The van der Waals surface area contributed by atoms with E-state index in [9.17, 15) is 9.13 Å². The van der Waals surface area contributed by atoms with Crippen LogP contribution in [0.25, 0.3) is 0 Å². The Balaban J connectivity index is 1.40. The van der Waals surface area contributed by atoms with Gasteiger partial charge in [-0.25, -0.2) is 4.57 Å². The average Bonchev–Trinajstić information content (AvgIpc) is 2.95. The fraction of sp³-hybridized carbons (Fsp3) is 0.143. The van der Waals surface area contributed by atoms with Gasteiger partial charge in [-0.2, -0.15) is 9.24 Å². The van der Waals surface area contributed by atoms with E-state index < -0.39 is 15.6 Å². The van der Waals surface area contributed by atoms with Gasteiger partial charge in [0.25, 0.3) is 0 Å². The zero-order chi connectivity index (χ0) is 27.0. The highest BCUT2D eigenvalue weighted by atomic mass is 31.2. The van der Waals surface area contributed by atoms with Crippen LogP contribution in [-0.2, 0) is 13.9 Å². The normalized spacial score (nSPS) is 15.5. The second-order valence-electron chi connectivity index (χ2n) is 8.35. The van der Waals surface area contributed by atoms with Crippen LogP contribution in [0.3, 0.4) is 0 Å². The van der Waals surface area contributed by atoms with Gasteiger partial charge in [0, 0.05) is 19.2 Å². The first-order valence-corrected chi connectivity index (χ1v) is 15.2. The SMILES string of the molecule is O=P(Oc1ccccc1)(Oc1ccccc1)Oc1cccc(OP(=O)(Oc2ccccc2)N2CCOCC2)c1. The molecule has 0 aromatic heterocycles. The minimum Gasteiger partial charge on any atom is -0.404 e. The number of hydrogen-bond acceptors (Lipinski definition) is 8. The monoisotopic (exact) mass is 567 g/mol. The van der Waals surface area contributed by atoms with Crippen LogP contribution < -0.4 is 22.6 Å². The summed E-state index contributed by atoms with van der Waals surface area (Å²) in [6.07, 6.45) is 0. The van der Waals surface area contributed by atoms with E-state index in [0.717, 1.165) is 0 Å². The van der Waals surface area contributed by atoms with Crippen molar-refractivity contribution in [2.24, 2.45) is 0 Å². The smallest absolute Gasteiger partial charge is 0.404 e. The van der Waals surface area contributed by atoms with E-state index in [1.54, 1.807) is 95.7 Å². The van der Waals surface area contributed by atoms with Gasteiger partial charge in [-0.1, -0.05) is 60.7 Å². The highest BCUT2D eigenvalue weighted by Crippen LogP contribution is 2.54. The predicted octanol–water partition coefficient (Wildman–Crippen LogP) is 7.23. The molecule has 1 heterocycles. The fourth-order valence-electron chi connectivity index (χ4n) is 3.67. The quantitative estimate of drug-likeness (QED) is 0.174. The van der Waals surface area contributed by atoms with Crippen LogP contribution in [0.1, 0.15) is 0 Å². The van der Waals surface area contributed by atoms with Crippen LogP contribution in [0.2, 0.25) is 0 Å². The van der Waals surface area contributed by atoms with Crippen LogP contribution in [0.4, 0.5) is 0 Å². The Morgan fingerprint density at radius 2 is 0.897 bits per heavy atom. The molecule has 0 bridgehead atoms. The van der Waals surface area contributed by atoms with Crippen LogP contribution in [0, 0.1) is 0 Å². The Morgan fingerprint density at radius 3 is 1.41 bits per heavy atom. The Hall–Kier alpha value is -3.74. The summed E-state index contributed by atoms with van der Waals surface area (Å²) in [5.74, 6) is 1.31. The minimum atomic E-state index is -4.22. The van der Waals surface area contributed by atoms with E-state index in [1.165, 1.54) is 6.07 Å². The maximum atomic E-state index is 14.1. The fourth-order valence-corrected chi connectivity index (χ4v) is 6.61. The number of rotatable bonds is 11. The van der Waals surface area contributed by atoms with E-state index in [-0.39, 0.29) is 11.5 Å². The molecule has 202 valence electrons. The van der Waals surface area contributed by atoms with Gasteiger partial charge < -0.3 is 27.4 Å². The Bertz CT molecular complexity index is 1390. The summed E-state index contributed by atoms with van der Waals surface area (Å²) in [5.41, 5.74) is 0. The predicted molar refractivity (Wildman–Crippen MR) is 147 cm³/mol. The Kier molecular flexibility index (Phi) is 8.54. The molecule has 1 aliphatic heterocycles. The molecule has 1 aliphatic rings. The molecule has 4 aromatic rings. The summed E-state index contributed by atoms with van der Waals surface area (Å²) in [7, 11) is -8.07. The lowest BCUT2D eigenvalue weighted by atomic mass is 10.3. The number of phosphoric acid groups is 1. The van der Waals surface area contributed by atoms with Crippen molar-refractivity contribution in [3.8, 4) is 28.7 Å². The van der Waals surface area contributed by atoms with Gasteiger partial charge in [-0.3, -0.25) is 0 Å². The Labute approximate surface area is 227 Å². The average molecular weight is 567 g/mol. The van der Waals surface area contributed by atoms with Gasteiger partial charge in [-0.15, -0.1) is 0 Å². The summed E-state index contributed by atoms with van der Waals surface area (Å²) < 4.78 is 64.0. The maximum absolute atomic E-state index is 14.1. The summed E-state index contributed by atoms with van der Waals surface area (Å²) in [5, 5.41) is 0. The molecule has 0 aliphatic carbocycles. The van der Waals surface area contributed by atoms with E-state index in [2.05, 4.69) is 0 Å². The largest absolute Gasteiger partial charge is 0.647 e. The number of benzene rings is 4. The maximum Gasteiger partial charge on any atom is 0.647 e. The van der Waals surface area contributed by atoms with Crippen molar-refractivity contribution in [1.82, 2.24) is 4.67 Å². The minimum absolute atomic E-state index is 0.121. The van der Waals surface area contributed by atoms with E-state index >= 15 is 0 Å². The van der Waals surface area contributed by atoms with Crippen molar-refractivity contribution in [3.05, 3.63) is 115 Å². The lowest BCUT2D eigenvalue weighted by Crippen LogP contribution is -2.36. The van der Waals surface area contributed by atoms with Gasteiger partial charge in [0.15, 0.2) is 0 Å². The molecule has 1 saturated heterocycles. The second-order valence-corrected chi connectivity index (χ2v) is 11.7. The van der Waals surface area contributed by atoms with Gasteiger partial charge >= 0.3 is 15.6 Å². The Morgan fingerprint density at radius 1 is 0.513 bits per heavy atom. The number of hydrogen-bond donors (Lipinski definition) is 0. The van der Waals surface area contributed by atoms with Crippen molar-refractivity contribution >= 4 is 15.6 Å². The molecule has 39 heavy (non-hydrogen) atoms. The van der Waals surface area contributed by atoms with Crippen molar-refractivity contribution in [2.75, 3.05) is 26.3 Å². The third-order valence-corrected chi connectivity index (χ3v) is 8.74. The summed E-state index contributed by atoms with van der Waals surface area (Å²) in [6, 6.07) is 32.2. The first-order valence-electron chi connectivity index (χ1n) is 12.3. The molecule has 0 amide bonds. The van der Waals surface area contributed by atoms with Gasteiger partial charge in [0.2, 0.25) is 0 Å². The lowest BCUT2D eigenvalue weighted by molar-refractivity contribution is 0.0628. The van der Waals surface area contributed by atoms with Gasteiger partial charge in [0.05, 0.1) is 13.2 Å². The number of ether oxygens (including phenoxy) is 1. The third kappa shape index (κ3) is 7.43. The van der Waals surface area contributed by atoms with Crippen molar-refractivity contribution in [1.29, 1.82) is 0 Å². The molecule has 1 atom stereocenters. The first kappa shape index (κ1) is 26.9. The van der Waals surface area contributed by atoms with E-state index in [0.29, 0.717) is 43.6 Å². The molecule has 1 unspecified atom stereocenters. The molecular formula is C28H27NO8P2. The number of para-hydroxylation sites is 3. The number of phosphoric ester groups is 1. The van der Waals surface area contributed by atoms with Crippen LogP contribution in [0.15, 0.2) is 115 Å². The van der Waals surface area contributed by atoms with Gasteiger partial charge in [0.1, 0.15) is 28.7 Å². The van der Waals surface area contributed by atoms with Crippen LogP contribution in [-0.4, -0.2) is 31.0 Å². The molecule has 0 saturated carbocycles.